The minimum Gasteiger partial charge on any atom is -0.322 e. The van der Waals surface area contributed by atoms with Crippen molar-refractivity contribution in [1.82, 2.24) is 9.78 Å². The molecule has 2 aromatic rings. The molecule has 1 aromatic heterocycles. The van der Waals surface area contributed by atoms with Gasteiger partial charge in [0.2, 0.25) is 5.91 Å². The Kier molecular flexibility index (Phi) is 3.67. The van der Waals surface area contributed by atoms with Crippen molar-refractivity contribution >= 4 is 23.2 Å². The fourth-order valence-electron chi connectivity index (χ4n) is 1.82. The highest BCUT2D eigenvalue weighted by Gasteiger charge is 2.14. The molecule has 0 aliphatic carbocycles. The molecule has 0 bridgehead atoms. The van der Waals surface area contributed by atoms with Gasteiger partial charge in [0.15, 0.2) is 0 Å². The highest BCUT2D eigenvalue weighted by atomic mass is 35.5. The summed E-state index contributed by atoms with van der Waals surface area (Å²) in [6.45, 7) is 3.77. The first-order chi connectivity index (χ1) is 8.63. The number of carbonyl (C=O) groups excluding carboxylic acids is 1. The Bertz CT molecular complexity index is 563. The van der Waals surface area contributed by atoms with Gasteiger partial charge >= 0.3 is 0 Å². The summed E-state index contributed by atoms with van der Waals surface area (Å²) >= 11 is 5.49. The molecular weight excluding hydrogens is 250 g/mol. The summed E-state index contributed by atoms with van der Waals surface area (Å²) in [5.41, 5.74) is 3.35. The second-order valence-electron chi connectivity index (χ2n) is 3.97. The Balaban J connectivity index is 2.41. The number of nitrogens with one attached hydrogen (secondary N) is 1. The zero-order valence-corrected chi connectivity index (χ0v) is 11.0. The van der Waals surface area contributed by atoms with Crippen LogP contribution in [-0.2, 0) is 4.79 Å². The van der Waals surface area contributed by atoms with Crippen LogP contribution in [0.5, 0.6) is 0 Å². The number of halogens is 1. The third-order valence-corrected chi connectivity index (χ3v) is 2.92. The van der Waals surface area contributed by atoms with Gasteiger partial charge in [0, 0.05) is 0 Å². The van der Waals surface area contributed by atoms with Crippen LogP contribution in [-0.4, -0.2) is 21.6 Å². The van der Waals surface area contributed by atoms with E-state index >= 15 is 0 Å². The Labute approximate surface area is 111 Å². The van der Waals surface area contributed by atoms with E-state index in [9.17, 15) is 4.79 Å². The molecule has 1 N–H and O–H groups in total. The number of rotatable bonds is 3. The van der Waals surface area contributed by atoms with Crippen molar-refractivity contribution in [2.24, 2.45) is 0 Å². The number of hydrogen-bond acceptors (Lipinski definition) is 2. The van der Waals surface area contributed by atoms with Gasteiger partial charge in [-0.2, -0.15) is 5.10 Å². The highest BCUT2D eigenvalue weighted by molar-refractivity contribution is 6.29. The molecule has 4 nitrogen and oxygen atoms in total. The molecule has 0 aliphatic heterocycles. The standard InChI is InChI=1S/C13H14ClN3O/c1-9-13(15-12(18)8-14)10(2)17(16-9)11-6-4-3-5-7-11/h3-7H,8H2,1-2H3,(H,15,18). The molecule has 0 unspecified atom stereocenters. The van der Waals surface area contributed by atoms with E-state index in [0.717, 1.165) is 22.8 Å². The predicted octanol–water partition coefficient (Wildman–Crippen LogP) is 2.67. The fraction of sp³-hybridized carbons (Fsp3) is 0.231. The zero-order chi connectivity index (χ0) is 13.1. The molecule has 0 spiro atoms. The summed E-state index contributed by atoms with van der Waals surface area (Å²) in [5, 5.41) is 7.19. The molecule has 0 atom stereocenters. The van der Waals surface area contributed by atoms with Gasteiger partial charge in [-0.05, 0) is 26.0 Å². The normalized spacial score (nSPS) is 10.4. The number of carbonyl (C=O) groups is 1. The van der Waals surface area contributed by atoms with Gasteiger partial charge in [-0.1, -0.05) is 18.2 Å². The molecule has 1 aromatic carbocycles. The number of alkyl halides is 1. The van der Waals surface area contributed by atoms with Crippen molar-refractivity contribution in [3.63, 3.8) is 0 Å². The van der Waals surface area contributed by atoms with Crippen LogP contribution in [0.1, 0.15) is 11.4 Å². The molecule has 0 aliphatic rings. The summed E-state index contributed by atoms with van der Waals surface area (Å²) in [4.78, 5) is 11.4. The number of hydrogen-bond donors (Lipinski definition) is 1. The highest BCUT2D eigenvalue weighted by Crippen LogP contribution is 2.22. The van der Waals surface area contributed by atoms with E-state index in [2.05, 4.69) is 10.4 Å². The maximum atomic E-state index is 11.4. The molecule has 1 amide bonds. The first-order valence-corrected chi connectivity index (χ1v) is 6.14. The van der Waals surface area contributed by atoms with Crippen molar-refractivity contribution in [3.8, 4) is 5.69 Å². The van der Waals surface area contributed by atoms with Crippen LogP contribution in [0.3, 0.4) is 0 Å². The monoisotopic (exact) mass is 263 g/mol. The second kappa shape index (κ2) is 5.23. The Morgan fingerprint density at radius 2 is 2.00 bits per heavy atom. The minimum atomic E-state index is -0.226. The van der Waals surface area contributed by atoms with Crippen LogP contribution in [0.4, 0.5) is 5.69 Å². The number of benzene rings is 1. The van der Waals surface area contributed by atoms with Crippen LogP contribution in [0, 0.1) is 13.8 Å². The van der Waals surface area contributed by atoms with Gasteiger partial charge in [0.05, 0.1) is 22.8 Å². The molecule has 0 saturated heterocycles. The Hall–Kier alpha value is -1.81. The number of nitrogens with zero attached hydrogens (tertiary/aromatic N) is 2. The van der Waals surface area contributed by atoms with Crippen molar-refractivity contribution in [2.75, 3.05) is 11.2 Å². The molecule has 0 saturated carbocycles. The molecule has 0 fully saturated rings. The minimum absolute atomic E-state index is 0.0601. The van der Waals surface area contributed by atoms with E-state index in [4.69, 9.17) is 11.6 Å². The number of anilines is 1. The third-order valence-electron chi connectivity index (χ3n) is 2.68. The summed E-state index contributed by atoms with van der Waals surface area (Å²) in [6, 6.07) is 9.77. The van der Waals surface area contributed by atoms with Crippen molar-refractivity contribution in [1.29, 1.82) is 0 Å². The van der Waals surface area contributed by atoms with Crippen LogP contribution >= 0.6 is 11.6 Å². The van der Waals surface area contributed by atoms with E-state index in [1.807, 2.05) is 44.2 Å². The van der Waals surface area contributed by atoms with E-state index in [-0.39, 0.29) is 11.8 Å². The first kappa shape index (κ1) is 12.6. The average molecular weight is 264 g/mol. The van der Waals surface area contributed by atoms with Gasteiger partial charge in [-0.15, -0.1) is 11.6 Å². The lowest BCUT2D eigenvalue weighted by atomic mass is 10.3. The maximum Gasteiger partial charge on any atom is 0.239 e. The summed E-state index contributed by atoms with van der Waals surface area (Å²) in [5.74, 6) is -0.287. The van der Waals surface area contributed by atoms with Gasteiger partial charge in [0.1, 0.15) is 5.88 Å². The molecule has 0 radical (unpaired) electrons. The first-order valence-electron chi connectivity index (χ1n) is 5.61. The quantitative estimate of drug-likeness (QED) is 0.866. The lowest BCUT2D eigenvalue weighted by Gasteiger charge is -2.05. The lowest BCUT2D eigenvalue weighted by molar-refractivity contribution is -0.113. The van der Waals surface area contributed by atoms with Gasteiger partial charge in [-0.3, -0.25) is 4.79 Å². The van der Waals surface area contributed by atoms with Crippen LogP contribution < -0.4 is 5.32 Å². The summed E-state index contributed by atoms with van der Waals surface area (Å²) < 4.78 is 1.80. The molecule has 94 valence electrons. The molecule has 1 heterocycles. The number of para-hydroxylation sites is 1. The smallest absolute Gasteiger partial charge is 0.239 e. The second-order valence-corrected chi connectivity index (χ2v) is 4.24. The third kappa shape index (κ3) is 2.38. The summed E-state index contributed by atoms with van der Waals surface area (Å²) in [7, 11) is 0. The zero-order valence-electron chi connectivity index (χ0n) is 10.3. The van der Waals surface area contributed by atoms with E-state index in [1.165, 1.54) is 0 Å². The van der Waals surface area contributed by atoms with Crippen LogP contribution in [0.25, 0.3) is 5.69 Å². The number of aryl methyl sites for hydroxylation is 1. The van der Waals surface area contributed by atoms with Crippen LogP contribution in [0.2, 0.25) is 0 Å². The van der Waals surface area contributed by atoms with Crippen molar-refractivity contribution in [3.05, 3.63) is 41.7 Å². The Morgan fingerprint density at radius 3 is 2.61 bits per heavy atom. The van der Waals surface area contributed by atoms with E-state index in [0.29, 0.717) is 0 Å². The number of aromatic nitrogens is 2. The fourth-order valence-corrected chi connectivity index (χ4v) is 1.88. The van der Waals surface area contributed by atoms with E-state index in [1.54, 1.807) is 4.68 Å². The van der Waals surface area contributed by atoms with Crippen LogP contribution in [0.15, 0.2) is 30.3 Å². The van der Waals surface area contributed by atoms with Gasteiger partial charge in [0.25, 0.3) is 0 Å². The lowest BCUT2D eigenvalue weighted by Crippen LogP contribution is -2.13. The molecule has 18 heavy (non-hydrogen) atoms. The van der Waals surface area contributed by atoms with Crippen molar-refractivity contribution in [2.45, 2.75) is 13.8 Å². The van der Waals surface area contributed by atoms with E-state index < -0.39 is 0 Å². The van der Waals surface area contributed by atoms with Gasteiger partial charge in [-0.25, -0.2) is 4.68 Å². The largest absolute Gasteiger partial charge is 0.322 e. The predicted molar refractivity (Wildman–Crippen MR) is 72.4 cm³/mol. The average Bonchev–Trinajstić information content (AvgIpc) is 2.67. The SMILES string of the molecule is Cc1nn(-c2ccccc2)c(C)c1NC(=O)CCl. The molecular formula is C13H14ClN3O. The molecule has 2 rings (SSSR count). The molecule has 5 heteroatoms. The van der Waals surface area contributed by atoms with Crippen molar-refractivity contribution < 1.29 is 4.79 Å². The summed E-state index contributed by atoms with van der Waals surface area (Å²) in [6.07, 6.45) is 0. The Morgan fingerprint density at radius 1 is 1.33 bits per heavy atom. The topological polar surface area (TPSA) is 46.9 Å². The number of amides is 1. The van der Waals surface area contributed by atoms with Gasteiger partial charge < -0.3 is 5.32 Å². The maximum absolute atomic E-state index is 11.4.